The topological polar surface area (TPSA) is 65.6 Å². The highest BCUT2D eigenvalue weighted by Crippen LogP contribution is 2.13. The molecule has 2 aromatic rings. The smallest absolute Gasteiger partial charge is 0.227 e. The molecule has 1 fully saturated rings. The number of nitrogens with one attached hydrogen (secondary N) is 1. The molecular formula is C19H23N3O3. The first-order chi connectivity index (χ1) is 12.2. The van der Waals surface area contributed by atoms with Gasteiger partial charge in [-0.05, 0) is 29.3 Å². The fraction of sp³-hybridized carbons (Fsp3) is 0.368. The van der Waals surface area contributed by atoms with Crippen LogP contribution in [-0.4, -0.2) is 59.9 Å². The van der Waals surface area contributed by atoms with Crippen molar-refractivity contribution in [2.75, 3.05) is 33.3 Å². The Kier molecular flexibility index (Phi) is 5.38. The molecule has 0 saturated carbocycles. The first-order valence-corrected chi connectivity index (χ1v) is 8.46. The summed E-state index contributed by atoms with van der Waals surface area (Å²) >= 11 is 0. The number of carbonyl (C=O) groups is 2. The van der Waals surface area contributed by atoms with Crippen molar-refractivity contribution >= 4 is 11.8 Å². The van der Waals surface area contributed by atoms with Gasteiger partial charge in [0.05, 0.1) is 20.0 Å². The zero-order chi connectivity index (χ0) is 17.6. The average molecular weight is 341 g/mol. The summed E-state index contributed by atoms with van der Waals surface area (Å²) < 4.78 is 5.13. The third-order valence-corrected chi connectivity index (χ3v) is 4.52. The third kappa shape index (κ3) is 4.41. The summed E-state index contributed by atoms with van der Waals surface area (Å²) in [6.07, 6.45) is 4.44. The van der Waals surface area contributed by atoms with Gasteiger partial charge >= 0.3 is 0 Å². The number of aromatic nitrogens is 1. The summed E-state index contributed by atoms with van der Waals surface area (Å²) in [6.45, 7) is 2.37. The molecule has 1 aromatic heterocycles. The summed E-state index contributed by atoms with van der Waals surface area (Å²) in [7, 11) is 1.62. The number of rotatable bonds is 5. The van der Waals surface area contributed by atoms with Gasteiger partial charge < -0.3 is 19.5 Å². The molecule has 1 N–H and O–H groups in total. The molecule has 25 heavy (non-hydrogen) atoms. The Bertz CT molecular complexity index is 702. The van der Waals surface area contributed by atoms with E-state index in [1.54, 1.807) is 7.11 Å². The predicted molar refractivity (Wildman–Crippen MR) is 94.4 cm³/mol. The molecule has 1 aliphatic heterocycles. The van der Waals surface area contributed by atoms with Crippen LogP contribution in [0.4, 0.5) is 0 Å². The second-order valence-electron chi connectivity index (χ2n) is 6.18. The van der Waals surface area contributed by atoms with E-state index >= 15 is 0 Å². The van der Waals surface area contributed by atoms with Gasteiger partial charge in [-0.3, -0.25) is 9.59 Å². The normalized spacial score (nSPS) is 14.4. The molecule has 0 bridgehead atoms. The number of H-pyrrole nitrogens is 1. The van der Waals surface area contributed by atoms with Gasteiger partial charge in [-0.1, -0.05) is 12.1 Å². The minimum absolute atomic E-state index is 0.0999. The summed E-state index contributed by atoms with van der Waals surface area (Å²) in [5, 5.41) is 0. The number of benzene rings is 1. The van der Waals surface area contributed by atoms with Crippen LogP contribution in [0.3, 0.4) is 0 Å². The van der Waals surface area contributed by atoms with Crippen molar-refractivity contribution in [3.63, 3.8) is 0 Å². The van der Waals surface area contributed by atoms with Crippen LogP contribution in [0.2, 0.25) is 0 Å². The van der Waals surface area contributed by atoms with Crippen molar-refractivity contribution in [1.29, 1.82) is 0 Å². The number of methoxy groups -OCH3 is 1. The Balaban J connectivity index is 1.47. The van der Waals surface area contributed by atoms with Crippen LogP contribution in [0.15, 0.2) is 42.7 Å². The minimum Gasteiger partial charge on any atom is -0.497 e. The van der Waals surface area contributed by atoms with Crippen LogP contribution in [0.25, 0.3) is 0 Å². The van der Waals surface area contributed by atoms with Crippen LogP contribution >= 0.6 is 0 Å². The summed E-state index contributed by atoms with van der Waals surface area (Å²) in [5.41, 5.74) is 1.96. The highest BCUT2D eigenvalue weighted by Gasteiger charge is 2.24. The van der Waals surface area contributed by atoms with Crippen LogP contribution in [0.5, 0.6) is 5.75 Å². The molecule has 1 aliphatic rings. The zero-order valence-corrected chi connectivity index (χ0v) is 14.4. The molecule has 0 spiro atoms. The summed E-state index contributed by atoms with van der Waals surface area (Å²) in [4.78, 5) is 31.4. The Morgan fingerprint density at radius 1 is 0.920 bits per heavy atom. The van der Waals surface area contributed by atoms with Crippen LogP contribution in [-0.2, 0) is 22.4 Å². The lowest BCUT2D eigenvalue weighted by molar-refractivity contribution is -0.138. The number of hydrogen-bond donors (Lipinski definition) is 1. The van der Waals surface area contributed by atoms with E-state index < -0.39 is 0 Å². The summed E-state index contributed by atoms with van der Waals surface area (Å²) in [5.74, 6) is 0.996. The van der Waals surface area contributed by atoms with Crippen LogP contribution in [0.1, 0.15) is 11.1 Å². The van der Waals surface area contributed by atoms with E-state index in [0.717, 1.165) is 16.9 Å². The second-order valence-corrected chi connectivity index (χ2v) is 6.18. The van der Waals surface area contributed by atoms with E-state index in [0.29, 0.717) is 39.0 Å². The van der Waals surface area contributed by atoms with Gasteiger partial charge in [0.2, 0.25) is 11.8 Å². The Morgan fingerprint density at radius 3 is 1.96 bits per heavy atom. The molecule has 2 amide bonds. The van der Waals surface area contributed by atoms with Crippen molar-refractivity contribution in [1.82, 2.24) is 14.8 Å². The number of aromatic amines is 1. The summed E-state index contributed by atoms with van der Waals surface area (Å²) in [6, 6.07) is 9.45. The Morgan fingerprint density at radius 2 is 1.48 bits per heavy atom. The van der Waals surface area contributed by atoms with E-state index in [1.165, 1.54) is 0 Å². The molecule has 0 radical (unpaired) electrons. The largest absolute Gasteiger partial charge is 0.497 e. The molecule has 0 atom stereocenters. The van der Waals surface area contributed by atoms with E-state index in [2.05, 4.69) is 4.98 Å². The minimum atomic E-state index is 0.0999. The van der Waals surface area contributed by atoms with E-state index in [4.69, 9.17) is 4.74 Å². The Hall–Kier alpha value is -2.76. The van der Waals surface area contributed by atoms with Crippen molar-refractivity contribution in [2.45, 2.75) is 12.8 Å². The van der Waals surface area contributed by atoms with Gasteiger partial charge in [-0.2, -0.15) is 0 Å². The maximum absolute atomic E-state index is 12.4. The lowest BCUT2D eigenvalue weighted by Gasteiger charge is -2.35. The molecule has 0 aliphatic carbocycles. The van der Waals surface area contributed by atoms with Gasteiger partial charge in [0.1, 0.15) is 5.75 Å². The van der Waals surface area contributed by atoms with Gasteiger partial charge in [0, 0.05) is 38.6 Å². The van der Waals surface area contributed by atoms with Gasteiger partial charge in [0.15, 0.2) is 0 Å². The number of hydrogen-bond acceptors (Lipinski definition) is 3. The molecule has 6 nitrogen and oxygen atoms in total. The average Bonchev–Trinajstić information content (AvgIpc) is 3.15. The molecular weight excluding hydrogens is 318 g/mol. The number of amides is 2. The maximum atomic E-state index is 12.4. The van der Waals surface area contributed by atoms with Crippen molar-refractivity contribution in [3.05, 3.63) is 53.9 Å². The van der Waals surface area contributed by atoms with Gasteiger partial charge in [0.25, 0.3) is 0 Å². The monoisotopic (exact) mass is 341 g/mol. The van der Waals surface area contributed by atoms with Gasteiger partial charge in [-0.15, -0.1) is 0 Å². The molecule has 6 heteroatoms. The van der Waals surface area contributed by atoms with Crippen molar-refractivity contribution in [2.24, 2.45) is 0 Å². The molecule has 132 valence electrons. The van der Waals surface area contributed by atoms with E-state index in [-0.39, 0.29) is 11.8 Å². The van der Waals surface area contributed by atoms with Crippen molar-refractivity contribution < 1.29 is 14.3 Å². The van der Waals surface area contributed by atoms with Crippen molar-refractivity contribution in [3.8, 4) is 5.75 Å². The number of ether oxygens (including phenoxy) is 1. The first kappa shape index (κ1) is 17.1. The molecule has 1 aromatic carbocycles. The molecule has 1 saturated heterocycles. The Labute approximate surface area is 147 Å². The number of nitrogens with zero attached hydrogens (tertiary/aromatic N) is 2. The lowest BCUT2D eigenvalue weighted by Crippen LogP contribution is -2.51. The fourth-order valence-electron chi connectivity index (χ4n) is 2.99. The molecule has 2 heterocycles. The van der Waals surface area contributed by atoms with Crippen LogP contribution in [0, 0.1) is 0 Å². The standard InChI is InChI=1S/C19H23N3O3/c1-25-17-4-2-15(3-5-17)12-18(23)21-8-10-22(11-9-21)19(24)13-16-6-7-20-14-16/h2-7,14,20H,8-13H2,1H3. The van der Waals surface area contributed by atoms with E-state index in [1.807, 2.05) is 52.5 Å². The highest BCUT2D eigenvalue weighted by atomic mass is 16.5. The molecule has 3 rings (SSSR count). The zero-order valence-electron chi connectivity index (χ0n) is 14.4. The second kappa shape index (κ2) is 7.88. The molecule has 0 unspecified atom stereocenters. The predicted octanol–water partition coefficient (Wildman–Crippen LogP) is 1.48. The fourth-order valence-corrected chi connectivity index (χ4v) is 2.99. The SMILES string of the molecule is COc1ccc(CC(=O)N2CCN(C(=O)Cc3cc[nH]c3)CC2)cc1. The first-order valence-electron chi connectivity index (χ1n) is 8.46. The van der Waals surface area contributed by atoms with Crippen LogP contribution < -0.4 is 4.74 Å². The van der Waals surface area contributed by atoms with Gasteiger partial charge in [-0.25, -0.2) is 0 Å². The number of piperazine rings is 1. The highest BCUT2D eigenvalue weighted by molar-refractivity contribution is 5.81. The lowest BCUT2D eigenvalue weighted by atomic mass is 10.1. The maximum Gasteiger partial charge on any atom is 0.227 e. The quantitative estimate of drug-likeness (QED) is 0.896. The third-order valence-electron chi connectivity index (χ3n) is 4.52. The van der Waals surface area contributed by atoms with E-state index in [9.17, 15) is 9.59 Å². The number of carbonyl (C=O) groups excluding carboxylic acids is 2.